The summed E-state index contributed by atoms with van der Waals surface area (Å²) >= 11 is 0. The minimum Gasteiger partial charge on any atom is -0.369 e. The van der Waals surface area contributed by atoms with Crippen molar-refractivity contribution in [3.63, 3.8) is 0 Å². The Morgan fingerprint density at radius 2 is 2.04 bits per heavy atom. The lowest BCUT2D eigenvalue weighted by molar-refractivity contribution is -0.120. The number of nitrogen functional groups attached to an aromatic ring is 1. The van der Waals surface area contributed by atoms with Crippen LogP contribution < -0.4 is 11.5 Å². The summed E-state index contributed by atoms with van der Waals surface area (Å²) in [6.07, 6.45) is 4.56. The number of carbonyl (C=O) groups excluding carboxylic acids is 1. The first-order valence-corrected chi connectivity index (χ1v) is 7.95. The van der Waals surface area contributed by atoms with Crippen molar-refractivity contribution in [3.8, 4) is 11.1 Å². The van der Waals surface area contributed by atoms with E-state index in [0.717, 1.165) is 42.6 Å². The highest BCUT2D eigenvalue weighted by molar-refractivity contribution is 5.76. The van der Waals surface area contributed by atoms with Gasteiger partial charge in [0.15, 0.2) is 0 Å². The zero-order chi connectivity index (χ0) is 17.1. The molecule has 1 fully saturated rings. The maximum absolute atomic E-state index is 13.2. The predicted octanol–water partition coefficient (Wildman–Crippen LogP) is 1.88. The highest BCUT2D eigenvalue weighted by Gasteiger charge is 2.28. The van der Waals surface area contributed by atoms with E-state index in [0.29, 0.717) is 0 Å². The molecule has 24 heavy (non-hydrogen) atoms. The van der Waals surface area contributed by atoms with Crippen molar-refractivity contribution in [1.29, 1.82) is 0 Å². The van der Waals surface area contributed by atoms with Crippen LogP contribution in [-0.4, -0.2) is 33.9 Å². The molecular weight excluding hydrogens is 309 g/mol. The molecule has 4 N–H and O–H groups in total. The van der Waals surface area contributed by atoms with Crippen LogP contribution in [0.2, 0.25) is 0 Å². The molecule has 6 nitrogen and oxygen atoms in total. The summed E-state index contributed by atoms with van der Waals surface area (Å²) in [6, 6.07) is 6.12. The van der Waals surface area contributed by atoms with E-state index in [1.165, 1.54) is 12.1 Å². The fraction of sp³-hybridized carbons (Fsp3) is 0.353. The van der Waals surface area contributed by atoms with Crippen molar-refractivity contribution in [1.82, 2.24) is 14.9 Å². The fourth-order valence-corrected chi connectivity index (χ4v) is 3.21. The van der Waals surface area contributed by atoms with Crippen molar-refractivity contribution in [3.05, 3.63) is 42.0 Å². The van der Waals surface area contributed by atoms with E-state index in [1.807, 2.05) is 4.90 Å². The van der Waals surface area contributed by atoms with Crippen molar-refractivity contribution in [2.24, 2.45) is 5.73 Å². The number of nitrogens with two attached hydrogens (primary N) is 2. The molecule has 1 aromatic carbocycles. The monoisotopic (exact) mass is 329 g/mol. The number of nitrogens with zero attached hydrogens (tertiary/aromatic N) is 3. The molecule has 0 saturated carbocycles. The third kappa shape index (κ3) is 3.51. The van der Waals surface area contributed by atoms with Crippen molar-refractivity contribution in [2.75, 3.05) is 18.8 Å². The summed E-state index contributed by atoms with van der Waals surface area (Å²) < 4.78 is 13.2. The third-order valence-corrected chi connectivity index (χ3v) is 4.28. The second-order valence-corrected chi connectivity index (χ2v) is 5.98. The minimum atomic E-state index is -0.368. The number of benzene rings is 1. The average molecular weight is 329 g/mol. The number of aromatic nitrogens is 2. The molecule has 2 heterocycles. The number of amides is 1. The Morgan fingerprint density at radius 1 is 1.29 bits per heavy atom. The van der Waals surface area contributed by atoms with Crippen LogP contribution in [0.4, 0.5) is 10.3 Å². The van der Waals surface area contributed by atoms with E-state index in [4.69, 9.17) is 11.5 Å². The first kappa shape index (κ1) is 16.3. The smallest absolute Gasteiger partial charge is 0.231 e. The van der Waals surface area contributed by atoms with E-state index < -0.39 is 0 Å². The molecule has 0 bridgehead atoms. The molecule has 2 aromatic rings. The Labute approximate surface area is 139 Å². The summed E-state index contributed by atoms with van der Waals surface area (Å²) in [6.45, 7) is 0.956. The van der Waals surface area contributed by atoms with Gasteiger partial charge in [0, 0.05) is 11.8 Å². The molecule has 0 unspecified atom stereocenters. The van der Waals surface area contributed by atoms with Gasteiger partial charge >= 0.3 is 0 Å². The topological polar surface area (TPSA) is 98.1 Å². The van der Waals surface area contributed by atoms with Gasteiger partial charge in [0.1, 0.15) is 5.82 Å². The summed E-state index contributed by atoms with van der Waals surface area (Å²) in [5.41, 5.74) is 13.5. The van der Waals surface area contributed by atoms with Gasteiger partial charge in [0.2, 0.25) is 11.9 Å². The number of likely N-dealkylation sites (tertiary alicyclic amines) is 1. The zero-order valence-electron chi connectivity index (χ0n) is 13.3. The van der Waals surface area contributed by atoms with Gasteiger partial charge < -0.3 is 11.5 Å². The molecule has 0 aliphatic carbocycles. The van der Waals surface area contributed by atoms with E-state index in [1.54, 1.807) is 18.3 Å². The molecule has 3 rings (SSSR count). The molecule has 0 spiro atoms. The fourth-order valence-electron chi connectivity index (χ4n) is 3.21. The number of piperidine rings is 1. The van der Waals surface area contributed by atoms with E-state index in [9.17, 15) is 9.18 Å². The van der Waals surface area contributed by atoms with Gasteiger partial charge in [-0.25, -0.2) is 14.4 Å². The minimum absolute atomic E-state index is 0.0587. The number of carbonyl (C=O) groups is 1. The van der Waals surface area contributed by atoms with E-state index >= 15 is 0 Å². The Bertz CT molecular complexity index is 734. The maximum Gasteiger partial charge on any atom is 0.231 e. The second-order valence-electron chi connectivity index (χ2n) is 5.98. The molecule has 1 atom stereocenters. The Balaban J connectivity index is 2.03. The Hall–Kier alpha value is -2.54. The highest BCUT2D eigenvalue weighted by atomic mass is 19.1. The van der Waals surface area contributed by atoms with Crippen LogP contribution in [0.3, 0.4) is 0 Å². The molecule has 1 aliphatic heterocycles. The van der Waals surface area contributed by atoms with Crippen molar-refractivity contribution in [2.45, 2.75) is 25.3 Å². The molecule has 126 valence electrons. The van der Waals surface area contributed by atoms with Crippen LogP contribution in [0.25, 0.3) is 11.1 Å². The Morgan fingerprint density at radius 3 is 2.75 bits per heavy atom. The molecule has 0 radical (unpaired) electrons. The molecule has 1 aromatic heterocycles. The van der Waals surface area contributed by atoms with Crippen LogP contribution >= 0.6 is 0 Å². The molecule has 1 aliphatic rings. The first-order valence-electron chi connectivity index (χ1n) is 7.95. The van der Waals surface area contributed by atoms with Gasteiger partial charge in [-0.05, 0) is 37.1 Å². The molecule has 7 heteroatoms. The summed E-state index contributed by atoms with van der Waals surface area (Å²) in [4.78, 5) is 21.9. The van der Waals surface area contributed by atoms with Gasteiger partial charge in [0.25, 0.3) is 0 Å². The molecule has 1 saturated heterocycles. The normalized spacial score (nSPS) is 18.5. The standard InChI is InChI=1S/C17H20FN5O/c18-12-6-4-11(5-7-12)13-9-21-17(20)22-16(13)14-3-1-2-8-23(14)10-15(19)24/h4-7,9,14H,1-3,8,10H2,(H2,19,24)(H2,20,21,22)/t14-/m1/s1. The van der Waals surface area contributed by atoms with Gasteiger partial charge in [0.05, 0.1) is 18.3 Å². The largest absolute Gasteiger partial charge is 0.369 e. The number of rotatable bonds is 4. The van der Waals surface area contributed by atoms with Crippen LogP contribution in [0.15, 0.2) is 30.5 Å². The molecular formula is C17H20FN5O. The lowest BCUT2D eigenvalue weighted by Gasteiger charge is -2.35. The van der Waals surface area contributed by atoms with Crippen molar-refractivity contribution < 1.29 is 9.18 Å². The SMILES string of the molecule is NC(=O)CN1CCCC[C@@H]1c1nc(N)ncc1-c1ccc(F)cc1. The molecule has 1 amide bonds. The average Bonchev–Trinajstić information content (AvgIpc) is 2.56. The number of halogens is 1. The lowest BCUT2D eigenvalue weighted by Crippen LogP contribution is -2.40. The van der Waals surface area contributed by atoms with E-state index in [2.05, 4.69) is 9.97 Å². The zero-order valence-corrected chi connectivity index (χ0v) is 13.3. The van der Waals surface area contributed by atoms with Crippen LogP contribution in [0, 0.1) is 5.82 Å². The highest BCUT2D eigenvalue weighted by Crippen LogP contribution is 2.35. The summed E-state index contributed by atoms with van der Waals surface area (Å²) in [7, 11) is 0. The number of anilines is 1. The number of hydrogen-bond acceptors (Lipinski definition) is 5. The Kier molecular flexibility index (Phi) is 4.71. The number of primary amides is 1. The predicted molar refractivity (Wildman–Crippen MR) is 89.2 cm³/mol. The van der Waals surface area contributed by atoms with E-state index in [-0.39, 0.29) is 30.3 Å². The number of hydrogen-bond donors (Lipinski definition) is 2. The van der Waals surface area contributed by atoms with Gasteiger partial charge in [-0.2, -0.15) is 0 Å². The van der Waals surface area contributed by atoms with Gasteiger partial charge in [-0.1, -0.05) is 18.6 Å². The second kappa shape index (κ2) is 6.92. The third-order valence-electron chi connectivity index (χ3n) is 4.28. The van der Waals surface area contributed by atoms with Crippen LogP contribution in [0.5, 0.6) is 0 Å². The summed E-state index contributed by atoms with van der Waals surface area (Å²) in [5, 5.41) is 0. The lowest BCUT2D eigenvalue weighted by atomic mass is 9.94. The first-order chi connectivity index (χ1) is 11.5. The van der Waals surface area contributed by atoms with Crippen LogP contribution in [0.1, 0.15) is 31.0 Å². The van der Waals surface area contributed by atoms with Gasteiger partial charge in [-0.15, -0.1) is 0 Å². The van der Waals surface area contributed by atoms with Crippen LogP contribution in [-0.2, 0) is 4.79 Å². The quantitative estimate of drug-likeness (QED) is 0.892. The summed E-state index contributed by atoms with van der Waals surface area (Å²) in [5.74, 6) is -0.489. The maximum atomic E-state index is 13.2. The van der Waals surface area contributed by atoms with Gasteiger partial charge in [-0.3, -0.25) is 9.69 Å². The van der Waals surface area contributed by atoms with Crippen molar-refractivity contribution >= 4 is 11.9 Å².